The number of aryl methyl sites for hydroxylation is 1. The molecule has 0 radical (unpaired) electrons. The van der Waals surface area contributed by atoms with E-state index >= 15 is 0 Å². The Hall–Kier alpha value is -3.47. The second-order valence-corrected chi connectivity index (χ2v) is 6.48. The maximum atomic E-state index is 8.35. The lowest BCUT2D eigenvalue weighted by Crippen LogP contribution is -2.31. The maximum absolute atomic E-state index is 8.35. The van der Waals surface area contributed by atoms with Gasteiger partial charge in [-0.05, 0) is 30.3 Å². The lowest BCUT2D eigenvalue weighted by molar-refractivity contribution is -0.636. The molecule has 5 heteroatoms. The Morgan fingerprint density at radius 1 is 1.08 bits per heavy atom. The molecule has 0 saturated heterocycles. The highest BCUT2D eigenvalue weighted by Crippen LogP contribution is 2.37. The highest BCUT2D eigenvalue weighted by molar-refractivity contribution is 6.05. The number of imidazole rings is 1. The van der Waals surface area contributed by atoms with Gasteiger partial charge in [0.05, 0.1) is 27.7 Å². The van der Waals surface area contributed by atoms with Crippen LogP contribution >= 0.6 is 0 Å². The Morgan fingerprint density at radius 2 is 2.00 bits per heavy atom. The number of hydrogen-bond donors (Lipinski definition) is 0. The van der Waals surface area contributed by atoms with Crippen LogP contribution in [0.4, 0.5) is 0 Å². The molecule has 0 aliphatic carbocycles. The molecule has 0 bridgehead atoms. The van der Waals surface area contributed by atoms with Crippen LogP contribution in [0.3, 0.4) is 0 Å². The normalized spacial score (nSPS) is 14.8. The van der Waals surface area contributed by atoms with Crippen LogP contribution in [0.2, 0.25) is 0 Å². The Balaban J connectivity index is 1.88. The minimum atomic E-state index is -2.36. The molecule has 0 unspecified atom stereocenters. The van der Waals surface area contributed by atoms with E-state index in [1.54, 1.807) is 12.4 Å². The fraction of sp³-hybridized carbons (Fsp3) is 0.0952. The van der Waals surface area contributed by atoms with Gasteiger partial charge in [-0.1, -0.05) is 18.2 Å². The van der Waals surface area contributed by atoms with Crippen LogP contribution in [0.25, 0.3) is 39.1 Å². The second-order valence-electron chi connectivity index (χ2n) is 6.48. The highest BCUT2D eigenvalue weighted by atomic mass is 15.2. The molecule has 124 valence electrons. The van der Waals surface area contributed by atoms with E-state index in [0.717, 1.165) is 33.4 Å². The van der Waals surface area contributed by atoms with Crippen LogP contribution in [0, 0.1) is 0 Å². The minimum absolute atomic E-state index is 0.536. The van der Waals surface area contributed by atoms with Gasteiger partial charge in [-0.3, -0.25) is 9.97 Å². The summed E-state index contributed by atoms with van der Waals surface area (Å²) in [6.45, 7) is -1.82. The van der Waals surface area contributed by atoms with E-state index in [9.17, 15) is 0 Å². The van der Waals surface area contributed by atoms with Crippen molar-refractivity contribution in [1.82, 2.24) is 19.1 Å². The largest absolute Gasteiger partial charge is 0.274 e. The molecule has 26 heavy (non-hydrogen) atoms. The van der Waals surface area contributed by atoms with Crippen molar-refractivity contribution in [3.8, 4) is 17.1 Å². The third-order valence-corrected chi connectivity index (χ3v) is 5.12. The number of para-hydroxylation sites is 1. The van der Waals surface area contributed by atoms with Gasteiger partial charge in [0.25, 0.3) is 5.65 Å². The third-order valence-electron chi connectivity index (χ3n) is 5.12. The molecule has 1 aromatic carbocycles. The number of pyridine rings is 2. The summed E-state index contributed by atoms with van der Waals surface area (Å²) in [6, 6.07) is 15.6. The molecular formula is C21H16N5+. The molecule has 0 saturated carbocycles. The molecule has 1 aliphatic rings. The fourth-order valence-electron chi connectivity index (χ4n) is 4.08. The predicted octanol–water partition coefficient (Wildman–Crippen LogP) is 3.23. The summed E-state index contributed by atoms with van der Waals surface area (Å²) in [4.78, 5) is 8.80. The molecular weight excluding hydrogens is 322 g/mol. The molecule has 4 aromatic heterocycles. The number of nitrogens with zero attached hydrogens (tertiary/aromatic N) is 5. The lowest BCUT2D eigenvalue weighted by Gasteiger charge is -2.03. The number of benzene rings is 1. The first kappa shape index (κ1) is 11.2. The average molecular weight is 341 g/mol. The molecule has 0 fully saturated rings. The van der Waals surface area contributed by atoms with E-state index in [1.165, 1.54) is 4.57 Å². The summed E-state index contributed by atoms with van der Waals surface area (Å²) in [6.07, 6.45) is 5.29. The summed E-state index contributed by atoms with van der Waals surface area (Å²) in [7, 11) is 0. The summed E-state index contributed by atoms with van der Waals surface area (Å²) in [5.41, 5.74) is 5.08. The van der Waals surface area contributed by atoms with Crippen molar-refractivity contribution in [2.75, 3.05) is 0 Å². The second kappa shape index (κ2) is 4.79. The molecule has 6 rings (SSSR count). The molecule has 0 atom stereocenters. The number of rotatable bonds is 1. The quantitative estimate of drug-likeness (QED) is 0.431. The van der Waals surface area contributed by atoms with Gasteiger partial charge in [0, 0.05) is 18.6 Å². The molecule has 0 N–H and O–H groups in total. The zero-order chi connectivity index (χ0) is 19.8. The van der Waals surface area contributed by atoms with E-state index in [1.807, 2.05) is 59.3 Å². The van der Waals surface area contributed by atoms with Gasteiger partial charge in [0.1, 0.15) is 17.7 Å². The van der Waals surface area contributed by atoms with Gasteiger partial charge in [0.2, 0.25) is 5.82 Å². The Bertz CT molecular complexity index is 1410. The van der Waals surface area contributed by atoms with E-state index in [-0.39, 0.29) is 0 Å². The molecule has 0 amide bonds. The van der Waals surface area contributed by atoms with Crippen molar-refractivity contribution in [2.45, 2.75) is 6.54 Å². The molecule has 5 nitrogen and oxygen atoms in total. The first-order chi connectivity index (χ1) is 14.1. The SMILES string of the molecule is [2H]C([2H])([2H])[n+]1c2n(c3c4cnccc4n(-c4ccccc4)c31)Cc1ncccc1-2. The van der Waals surface area contributed by atoms with Crippen molar-refractivity contribution in [3.63, 3.8) is 0 Å². The van der Waals surface area contributed by atoms with E-state index in [4.69, 9.17) is 4.11 Å². The number of aromatic nitrogens is 5. The van der Waals surface area contributed by atoms with Gasteiger partial charge in [-0.15, -0.1) is 0 Å². The average Bonchev–Trinajstić information content (AvgIpc) is 3.34. The maximum Gasteiger partial charge on any atom is 0.274 e. The van der Waals surface area contributed by atoms with Crippen LogP contribution in [0.5, 0.6) is 0 Å². The smallest absolute Gasteiger partial charge is 0.264 e. The molecule has 0 spiro atoms. The van der Waals surface area contributed by atoms with Gasteiger partial charge >= 0.3 is 0 Å². The van der Waals surface area contributed by atoms with Crippen molar-refractivity contribution in [1.29, 1.82) is 0 Å². The summed E-state index contributed by atoms with van der Waals surface area (Å²) < 4.78 is 30.6. The van der Waals surface area contributed by atoms with Crippen molar-refractivity contribution >= 4 is 22.1 Å². The first-order valence-corrected chi connectivity index (χ1v) is 8.48. The van der Waals surface area contributed by atoms with E-state index in [2.05, 4.69) is 14.5 Å². The van der Waals surface area contributed by atoms with Crippen LogP contribution in [0.1, 0.15) is 9.81 Å². The first-order valence-electron chi connectivity index (χ1n) is 9.98. The zero-order valence-corrected chi connectivity index (χ0v) is 13.8. The zero-order valence-electron chi connectivity index (χ0n) is 16.8. The van der Waals surface area contributed by atoms with Crippen molar-refractivity contribution in [2.24, 2.45) is 6.98 Å². The Morgan fingerprint density at radius 3 is 2.88 bits per heavy atom. The monoisotopic (exact) mass is 341 g/mol. The Kier molecular flexibility index (Phi) is 2.06. The van der Waals surface area contributed by atoms with Crippen LogP contribution in [-0.2, 0) is 13.5 Å². The summed E-state index contributed by atoms with van der Waals surface area (Å²) >= 11 is 0. The van der Waals surface area contributed by atoms with Crippen molar-refractivity contribution < 1.29 is 8.68 Å². The van der Waals surface area contributed by atoms with E-state index < -0.39 is 6.98 Å². The van der Waals surface area contributed by atoms with Gasteiger partial charge < -0.3 is 0 Å². The summed E-state index contributed by atoms with van der Waals surface area (Å²) in [5, 5.41) is 0.920. The molecule has 5 aromatic rings. The van der Waals surface area contributed by atoms with Crippen molar-refractivity contribution in [3.05, 3.63) is 72.8 Å². The fourth-order valence-corrected chi connectivity index (χ4v) is 4.08. The molecule has 5 heterocycles. The molecule has 1 aliphatic heterocycles. The number of hydrogen-bond acceptors (Lipinski definition) is 2. The minimum Gasteiger partial charge on any atom is -0.264 e. The van der Waals surface area contributed by atoms with Gasteiger partial charge in [0.15, 0.2) is 5.52 Å². The van der Waals surface area contributed by atoms with Crippen LogP contribution < -0.4 is 4.57 Å². The Labute approximate surface area is 154 Å². The standard InChI is InChI=1S/C21H16N5/c1-24-20-15-8-5-10-23-17(15)13-25(20)19-16-12-22-11-9-18(16)26(21(19)24)14-6-3-2-4-7-14/h2-12H,13H2,1H3/q+1/i1D3. The van der Waals surface area contributed by atoms with E-state index in [0.29, 0.717) is 18.0 Å². The summed E-state index contributed by atoms with van der Waals surface area (Å²) in [5.74, 6) is 0.661. The van der Waals surface area contributed by atoms with Gasteiger partial charge in [-0.2, -0.15) is 0 Å². The predicted molar refractivity (Wildman–Crippen MR) is 100 cm³/mol. The highest BCUT2D eigenvalue weighted by Gasteiger charge is 2.35. The lowest BCUT2D eigenvalue weighted by atomic mass is 10.2. The van der Waals surface area contributed by atoms with Crippen LogP contribution in [0.15, 0.2) is 67.1 Å². The third kappa shape index (κ3) is 1.57. The van der Waals surface area contributed by atoms with Crippen LogP contribution in [-0.4, -0.2) is 19.1 Å². The topological polar surface area (TPSA) is 39.5 Å². The number of fused-ring (bicyclic) bond motifs is 7. The van der Waals surface area contributed by atoms with Gasteiger partial charge in [-0.25, -0.2) is 13.7 Å².